The fraction of sp³-hybridized carbons (Fsp3) is 0.647. The van der Waals surface area contributed by atoms with Gasteiger partial charge in [-0.3, -0.25) is 0 Å². The summed E-state index contributed by atoms with van der Waals surface area (Å²) in [5.74, 6) is 0.854. The molecule has 0 unspecified atom stereocenters. The molecule has 0 saturated carbocycles. The van der Waals surface area contributed by atoms with E-state index >= 15 is 0 Å². The van der Waals surface area contributed by atoms with E-state index in [1.54, 1.807) is 7.11 Å². The molecule has 0 atom stereocenters. The molecular weight excluding hydrogens is 227 g/mol. The van der Waals surface area contributed by atoms with Crippen LogP contribution in [-0.2, 0) is 6.42 Å². The third kappa shape index (κ3) is 9.20. The molecule has 0 N–H and O–H groups in total. The summed E-state index contributed by atoms with van der Waals surface area (Å²) in [6, 6.07) is 9.44. The largest absolute Gasteiger partial charge is 1.00 e. The van der Waals surface area contributed by atoms with E-state index in [4.69, 9.17) is 4.74 Å². The Morgan fingerprint density at radius 1 is 0.947 bits per heavy atom. The molecular formula is C17H27LiO. The summed E-state index contributed by atoms with van der Waals surface area (Å²) in [6.45, 7) is 2.27. The zero-order chi connectivity index (χ0) is 13.1. The second kappa shape index (κ2) is 12.6. The predicted octanol–water partition coefficient (Wildman–Crippen LogP) is 2.18. The van der Waals surface area contributed by atoms with Crippen LogP contribution < -0.4 is 23.6 Å². The summed E-state index contributed by atoms with van der Waals surface area (Å²) in [5.41, 5.74) is 1.28. The first-order valence-electron chi connectivity index (χ1n) is 7.42. The summed E-state index contributed by atoms with van der Waals surface area (Å²) in [4.78, 5) is 0. The molecule has 1 rings (SSSR count). The molecule has 0 amide bonds. The average Bonchev–Trinajstić information content (AvgIpc) is 2.42. The maximum Gasteiger partial charge on any atom is 1.00 e. The Morgan fingerprint density at radius 3 is 2.21 bits per heavy atom. The molecule has 0 spiro atoms. The smallest absolute Gasteiger partial charge is 0.523 e. The number of rotatable bonds is 10. The van der Waals surface area contributed by atoms with Gasteiger partial charge < -0.3 is 4.74 Å². The summed E-state index contributed by atoms with van der Waals surface area (Å²) in [6.07, 6.45) is 12.1. The van der Waals surface area contributed by atoms with Crippen molar-refractivity contribution in [2.45, 2.75) is 64.7 Å². The van der Waals surface area contributed by atoms with Crippen LogP contribution in [0.2, 0.25) is 0 Å². The number of benzene rings is 1. The molecule has 0 aliphatic rings. The Bertz CT molecular complexity index is 312. The number of unbranched alkanes of at least 4 members (excludes halogenated alkanes) is 7. The molecule has 0 bridgehead atoms. The van der Waals surface area contributed by atoms with Gasteiger partial charge in [0.05, 0.1) is 7.11 Å². The van der Waals surface area contributed by atoms with Gasteiger partial charge in [-0.25, -0.2) is 0 Å². The van der Waals surface area contributed by atoms with Gasteiger partial charge in [0.15, 0.2) is 0 Å². The fourth-order valence-corrected chi connectivity index (χ4v) is 2.21. The molecule has 1 aromatic carbocycles. The van der Waals surface area contributed by atoms with E-state index in [0.29, 0.717) is 0 Å². The van der Waals surface area contributed by atoms with Crippen LogP contribution in [0.4, 0.5) is 0 Å². The summed E-state index contributed by atoms with van der Waals surface area (Å²) in [7, 11) is 1.70. The van der Waals surface area contributed by atoms with Crippen molar-refractivity contribution in [2.75, 3.05) is 7.11 Å². The van der Waals surface area contributed by atoms with Gasteiger partial charge in [0.25, 0.3) is 0 Å². The Kier molecular flexibility index (Phi) is 12.4. The third-order valence-corrected chi connectivity index (χ3v) is 3.35. The summed E-state index contributed by atoms with van der Waals surface area (Å²) < 4.78 is 5.18. The van der Waals surface area contributed by atoms with Gasteiger partial charge in [-0.05, 0) is 0 Å². The van der Waals surface area contributed by atoms with Gasteiger partial charge in [-0.15, -0.1) is 12.1 Å². The number of ether oxygens (including phenoxy) is 1. The molecule has 1 aromatic rings. The van der Waals surface area contributed by atoms with Crippen molar-refractivity contribution >= 4 is 0 Å². The van der Waals surface area contributed by atoms with Crippen LogP contribution in [0.5, 0.6) is 5.75 Å². The zero-order valence-corrected chi connectivity index (χ0v) is 13.0. The minimum absolute atomic E-state index is 0. The fourth-order valence-electron chi connectivity index (χ4n) is 2.21. The van der Waals surface area contributed by atoms with Crippen LogP contribution in [0.3, 0.4) is 0 Å². The van der Waals surface area contributed by atoms with Crippen LogP contribution in [0.25, 0.3) is 0 Å². The van der Waals surface area contributed by atoms with Crippen molar-refractivity contribution in [2.24, 2.45) is 0 Å². The summed E-state index contributed by atoms with van der Waals surface area (Å²) >= 11 is 0. The monoisotopic (exact) mass is 254 g/mol. The van der Waals surface area contributed by atoms with E-state index in [2.05, 4.69) is 25.1 Å². The summed E-state index contributed by atoms with van der Waals surface area (Å²) in [5, 5.41) is 0. The maximum atomic E-state index is 5.18. The van der Waals surface area contributed by atoms with E-state index < -0.39 is 0 Å². The Hall–Kier alpha value is -0.383. The van der Waals surface area contributed by atoms with E-state index in [1.165, 1.54) is 56.9 Å². The van der Waals surface area contributed by atoms with Crippen molar-refractivity contribution in [1.29, 1.82) is 0 Å². The first kappa shape index (κ1) is 18.6. The van der Waals surface area contributed by atoms with Gasteiger partial charge >= 0.3 is 18.9 Å². The Labute approximate surface area is 131 Å². The molecule has 1 nitrogen and oxygen atoms in total. The van der Waals surface area contributed by atoms with Crippen LogP contribution >= 0.6 is 0 Å². The van der Waals surface area contributed by atoms with E-state index in [9.17, 15) is 0 Å². The first-order valence-corrected chi connectivity index (χ1v) is 7.42. The minimum Gasteiger partial charge on any atom is -0.523 e. The van der Waals surface area contributed by atoms with Gasteiger partial charge in [0.1, 0.15) is 0 Å². The molecule has 19 heavy (non-hydrogen) atoms. The third-order valence-electron chi connectivity index (χ3n) is 3.35. The standard InChI is InChI=1S/C17H27O.Li/c1-3-4-5-6-7-8-9-10-12-16-13-11-14-17(15-16)18-2;/h11,13-14H,3-10,12H2,1-2H3;/q-1;+1. The quantitative estimate of drug-likeness (QED) is 0.353. The minimum atomic E-state index is 0. The van der Waals surface area contributed by atoms with Crippen molar-refractivity contribution in [3.05, 3.63) is 29.8 Å². The van der Waals surface area contributed by atoms with E-state index in [0.717, 1.165) is 12.2 Å². The van der Waals surface area contributed by atoms with Crippen LogP contribution in [-0.4, -0.2) is 7.11 Å². The maximum absolute atomic E-state index is 5.18. The number of methoxy groups -OCH3 is 1. The normalized spacial score (nSPS) is 10.0. The van der Waals surface area contributed by atoms with Crippen LogP contribution in [0.1, 0.15) is 63.9 Å². The second-order valence-electron chi connectivity index (χ2n) is 4.97. The van der Waals surface area contributed by atoms with E-state index in [1.807, 2.05) is 6.07 Å². The molecule has 102 valence electrons. The van der Waals surface area contributed by atoms with Gasteiger partial charge in [0, 0.05) is 5.75 Å². The molecule has 2 heteroatoms. The Balaban J connectivity index is 0.00000324. The van der Waals surface area contributed by atoms with Crippen molar-refractivity contribution in [3.63, 3.8) is 0 Å². The van der Waals surface area contributed by atoms with Crippen molar-refractivity contribution in [1.82, 2.24) is 0 Å². The molecule has 0 saturated heterocycles. The molecule has 0 aromatic heterocycles. The first-order chi connectivity index (χ1) is 8.86. The zero-order valence-electron chi connectivity index (χ0n) is 13.0. The number of aryl methyl sites for hydroxylation is 1. The van der Waals surface area contributed by atoms with Crippen LogP contribution in [0.15, 0.2) is 18.2 Å². The molecule has 0 fully saturated rings. The van der Waals surface area contributed by atoms with E-state index in [-0.39, 0.29) is 18.9 Å². The predicted molar refractivity (Wildman–Crippen MR) is 78.1 cm³/mol. The van der Waals surface area contributed by atoms with Crippen molar-refractivity contribution < 1.29 is 23.6 Å². The SMILES string of the molecule is CCCCCCCCCCc1[c-]c(OC)ccc1.[Li+]. The van der Waals surface area contributed by atoms with Gasteiger partial charge in [-0.2, -0.15) is 17.7 Å². The number of hydrogen-bond acceptors (Lipinski definition) is 1. The van der Waals surface area contributed by atoms with Crippen molar-refractivity contribution in [3.8, 4) is 5.75 Å². The topological polar surface area (TPSA) is 9.23 Å². The molecule has 0 aliphatic carbocycles. The average molecular weight is 254 g/mol. The molecule has 0 heterocycles. The Morgan fingerprint density at radius 2 is 1.58 bits per heavy atom. The number of hydrogen-bond donors (Lipinski definition) is 0. The van der Waals surface area contributed by atoms with Crippen LogP contribution in [0, 0.1) is 6.07 Å². The molecule has 0 aliphatic heterocycles. The molecule has 0 radical (unpaired) electrons. The van der Waals surface area contributed by atoms with Gasteiger partial charge in [-0.1, -0.05) is 64.7 Å². The second-order valence-corrected chi connectivity index (χ2v) is 4.97. The van der Waals surface area contributed by atoms with Gasteiger partial charge in [0.2, 0.25) is 0 Å².